The van der Waals surface area contributed by atoms with Gasteiger partial charge in [0.05, 0.1) is 61.6 Å². The lowest BCUT2D eigenvalue weighted by Crippen LogP contribution is -2.50. The van der Waals surface area contributed by atoms with Gasteiger partial charge in [-0.3, -0.25) is 19.4 Å². The van der Waals surface area contributed by atoms with Crippen LogP contribution in [0.25, 0.3) is 33.8 Å². The number of carbonyl (C=O) groups excluding carboxylic acids is 3. The molecule has 2 amide bonds. The number of nitrogens with zero attached hydrogens (tertiary/aromatic N) is 20. The molecule has 0 atom stereocenters. The van der Waals surface area contributed by atoms with Crippen molar-refractivity contribution in [2.24, 2.45) is 0 Å². The average Bonchev–Trinajstić information content (AvgIpc) is 0.813. The smallest absolute Gasteiger partial charge is 0.480 e. The van der Waals surface area contributed by atoms with Crippen LogP contribution in [0.4, 0.5) is 68.5 Å². The maximum Gasteiger partial charge on any atom is 0.491 e. The maximum atomic E-state index is 14.0. The monoisotopic (exact) mass is 1530 g/mol. The number of carboxylic acids is 1. The van der Waals surface area contributed by atoms with E-state index in [1.807, 2.05) is 70.9 Å². The molecule has 108 heavy (non-hydrogen) atoms. The van der Waals surface area contributed by atoms with Gasteiger partial charge in [-0.25, -0.2) is 59.7 Å². The van der Waals surface area contributed by atoms with Gasteiger partial charge in [0, 0.05) is 127 Å². The average molecular weight is 1530 g/mol. The van der Waals surface area contributed by atoms with Crippen LogP contribution in [-0.4, -0.2) is 262 Å². The summed E-state index contributed by atoms with van der Waals surface area (Å²) >= 11 is 5.79. The molecule has 0 spiro atoms. The van der Waals surface area contributed by atoms with Gasteiger partial charge in [-0.15, -0.1) is 20.4 Å². The van der Waals surface area contributed by atoms with Crippen molar-refractivity contribution in [1.82, 2.24) is 80.3 Å². The largest absolute Gasteiger partial charge is 0.491 e. The first-order valence-corrected chi connectivity index (χ1v) is 34.1. The Hall–Kier alpha value is -10.8. The van der Waals surface area contributed by atoms with Crippen LogP contribution in [0.3, 0.4) is 0 Å². The number of ether oxygens (including phenoxy) is 3. The topological polar surface area (TPSA) is 337 Å². The Balaban J connectivity index is 0.000000174. The lowest BCUT2D eigenvalue weighted by molar-refractivity contribution is -0.144. The first-order valence-electron chi connectivity index (χ1n) is 33.7. The zero-order chi connectivity index (χ0) is 78.4. The molecule has 8 aromatic rings. The Morgan fingerprint density at radius 1 is 0.444 bits per heavy atom. The molecule has 0 aliphatic carbocycles. The third-order valence-electron chi connectivity index (χ3n) is 15.8. The van der Waals surface area contributed by atoms with E-state index in [4.69, 9.17) is 41.0 Å². The molecule has 12 rings (SSSR count). The molecule has 0 radical (unpaired) electrons. The van der Waals surface area contributed by atoms with Gasteiger partial charge in [0.2, 0.25) is 23.8 Å². The second kappa shape index (κ2) is 38.7. The minimum atomic E-state index is -1.97. The molecule has 576 valence electrons. The number of benzene rings is 4. The van der Waals surface area contributed by atoms with Gasteiger partial charge in [-0.05, 0) is 121 Å². The minimum Gasteiger partial charge on any atom is -0.480 e. The molecule has 4 aliphatic rings. The molecule has 0 bridgehead atoms. The van der Waals surface area contributed by atoms with Crippen molar-refractivity contribution in [3.63, 3.8) is 0 Å². The van der Waals surface area contributed by atoms with Crippen molar-refractivity contribution in [1.29, 1.82) is 0 Å². The van der Waals surface area contributed by atoms with Crippen LogP contribution >= 0.6 is 11.6 Å². The summed E-state index contributed by atoms with van der Waals surface area (Å²) in [5.41, 5.74) is -0.766. The van der Waals surface area contributed by atoms with E-state index < -0.39 is 76.3 Å². The standard InChI is InChI=1S/C18H21F2N5O2.C17H19F2N5O2.C15H15F2N5O2.C12H18ClN5O2.C6H5BF2O2/c1-18(2,3)27-17(26)25-8-6-24(7-9-25)16-22-15(11-21-23-16)13-10-12(19)4-5-14(13)20;1-2-26-16(25)11-23-5-7-24(8-6-23)17-21-15(10-20-22-17)13-9-12(18)3-4-14(13)19;16-10-1-2-12(17)11(7-10)13-8-18-20-15(19-13)22-5-3-21(4-6-22)9-14(23)24;1-12(2,3)20-11(19)18-6-4-17(5-7-18)10-15-9(13)8-14-16-10;8-4-1-2-6(9)5(3-4)7(10)11/h4-5,10-11H,6-9H2,1-3H3;3-4,9-10H,2,5-8,11H2,1H3;1-2,7-8H,3-6,9H2,(H,23,24);8H,4-7H2,1-3H3;1-3,10-11H. The van der Waals surface area contributed by atoms with E-state index in [9.17, 15) is 54.3 Å². The van der Waals surface area contributed by atoms with E-state index in [1.165, 1.54) is 24.8 Å². The molecular weight excluding hydrogens is 1460 g/mol. The first kappa shape index (κ1) is 82.9. The summed E-state index contributed by atoms with van der Waals surface area (Å²) in [6, 6.07) is 12.0. The number of aliphatic carboxylic acids is 1. The van der Waals surface area contributed by atoms with Crippen molar-refractivity contribution < 1.29 is 83.7 Å². The Labute approximate surface area is 620 Å². The first-order chi connectivity index (χ1) is 51.3. The third kappa shape index (κ3) is 25.5. The molecule has 4 fully saturated rings. The summed E-state index contributed by atoms with van der Waals surface area (Å²) in [5.74, 6) is -4.61. The number of halogens is 9. The number of piperazine rings is 4. The van der Waals surface area contributed by atoms with Crippen LogP contribution in [0, 0.1) is 46.5 Å². The van der Waals surface area contributed by atoms with E-state index in [-0.39, 0.29) is 65.0 Å². The Bertz CT molecular complexity index is 4350. The molecule has 30 nitrogen and oxygen atoms in total. The van der Waals surface area contributed by atoms with E-state index in [2.05, 4.69) is 60.7 Å². The summed E-state index contributed by atoms with van der Waals surface area (Å²) in [4.78, 5) is 77.9. The Kier molecular flexibility index (Phi) is 29.7. The fourth-order valence-electron chi connectivity index (χ4n) is 10.5. The zero-order valence-electron chi connectivity index (χ0n) is 59.8. The van der Waals surface area contributed by atoms with Crippen LogP contribution in [0.1, 0.15) is 48.5 Å². The van der Waals surface area contributed by atoms with Gasteiger partial charge in [-0.2, -0.15) is 25.4 Å². The van der Waals surface area contributed by atoms with Crippen LogP contribution in [0.5, 0.6) is 0 Å². The predicted octanol–water partition coefficient (Wildman–Crippen LogP) is 6.63. The van der Waals surface area contributed by atoms with E-state index >= 15 is 0 Å². The fourth-order valence-corrected chi connectivity index (χ4v) is 10.6. The highest BCUT2D eigenvalue weighted by Gasteiger charge is 2.31. The highest BCUT2D eigenvalue weighted by molar-refractivity contribution is 6.58. The molecule has 4 aromatic heterocycles. The number of hydrogen-bond acceptors (Lipinski definition) is 27. The van der Waals surface area contributed by atoms with Crippen molar-refractivity contribution in [2.45, 2.75) is 59.7 Å². The summed E-state index contributed by atoms with van der Waals surface area (Å²) in [6.07, 6.45) is 4.61. The predicted molar refractivity (Wildman–Crippen MR) is 378 cm³/mol. The van der Waals surface area contributed by atoms with Crippen LogP contribution in [0.15, 0.2) is 97.6 Å². The number of aromatic nitrogens is 12. The number of esters is 1. The normalized spacial score (nSPS) is 14.8. The zero-order valence-corrected chi connectivity index (χ0v) is 60.6. The number of anilines is 4. The van der Waals surface area contributed by atoms with Gasteiger partial charge in [0.25, 0.3) is 0 Å². The minimum absolute atomic E-state index is 0.0124. The lowest BCUT2D eigenvalue weighted by atomic mass is 9.80. The number of carbonyl (C=O) groups is 4. The summed E-state index contributed by atoms with van der Waals surface area (Å²) in [7, 11) is -1.97. The van der Waals surface area contributed by atoms with E-state index in [1.54, 1.807) is 16.7 Å². The summed E-state index contributed by atoms with van der Waals surface area (Å²) in [6.45, 7) is 22.2. The number of hydrogen-bond donors (Lipinski definition) is 3. The SMILES string of the molecule is CC(C)(C)OC(=O)N1CCN(c2nncc(-c3cc(F)ccc3F)n2)CC1.CC(C)(C)OC(=O)N1CCN(c2nncc(Cl)n2)CC1.CCOC(=O)CN1CCN(c2nncc(-c3cc(F)ccc3F)n2)CC1.O=C(O)CN1CCN(c2nncc(-c3cc(F)ccc3F)n2)CC1.OB(O)c1cc(F)ccc1F. The van der Waals surface area contributed by atoms with Crippen molar-refractivity contribution in [3.8, 4) is 33.8 Å². The van der Waals surface area contributed by atoms with Gasteiger partial charge >= 0.3 is 31.2 Å². The molecule has 4 saturated heterocycles. The lowest BCUT2D eigenvalue weighted by Gasteiger charge is -2.35. The molecule has 0 unspecified atom stereocenters. The molecular formula is C68H78BClF8N20O10. The van der Waals surface area contributed by atoms with Gasteiger partial charge in [0.15, 0.2) is 5.15 Å². The molecule has 0 saturated carbocycles. The second-order valence-corrected chi connectivity index (χ2v) is 26.4. The number of rotatable bonds is 13. The highest BCUT2D eigenvalue weighted by atomic mass is 35.5. The van der Waals surface area contributed by atoms with Crippen LogP contribution in [0.2, 0.25) is 5.15 Å². The maximum absolute atomic E-state index is 14.0. The van der Waals surface area contributed by atoms with Gasteiger partial charge in [-0.1, -0.05) is 11.6 Å². The quantitative estimate of drug-likeness (QED) is 0.0472. The van der Waals surface area contributed by atoms with Crippen molar-refractivity contribution in [2.75, 3.05) is 144 Å². The van der Waals surface area contributed by atoms with Crippen LogP contribution < -0.4 is 25.1 Å². The van der Waals surface area contributed by atoms with Gasteiger partial charge < -0.3 is 58.8 Å². The molecule has 3 N–H and O–H groups in total. The Morgan fingerprint density at radius 3 is 1.07 bits per heavy atom. The van der Waals surface area contributed by atoms with Gasteiger partial charge in [0.1, 0.15) is 57.7 Å². The fraction of sp³-hybridized carbons (Fsp3) is 0.412. The van der Waals surface area contributed by atoms with Crippen LogP contribution in [-0.2, 0) is 23.8 Å². The Morgan fingerprint density at radius 2 is 0.759 bits per heavy atom. The molecule has 40 heteroatoms. The number of amides is 2. The molecule has 4 aliphatic heterocycles. The summed E-state index contributed by atoms with van der Waals surface area (Å²) in [5, 5.41) is 57.2. The summed E-state index contributed by atoms with van der Waals surface area (Å²) < 4.78 is 122. The molecule has 4 aromatic carbocycles. The third-order valence-corrected chi connectivity index (χ3v) is 15.9. The van der Waals surface area contributed by atoms with E-state index in [0.29, 0.717) is 140 Å². The van der Waals surface area contributed by atoms with Crippen molar-refractivity contribution >= 4 is 72.1 Å². The highest BCUT2D eigenvalue weighted by Crippen LogP contribution is 2.27. The van der Waals surface area contributed by atoms with E-state index in [0.717, 1.165) is 72.8 Å². The molecule has 8 heterocycles. The van der Waals surface area contributed by atoms with Crippen molar-refractivity contribution in [3.05, 3.63) is 149 Å². The second-order valence-electron chi connectivity index (χ2n) is 26.0. The number of carboxylic acid groups (broad SMARTS) is 1.